The number of hydrogen-bond donors (Lipinski definition) is 0. The molecule has 0 fully saturated rings. The summed E-state index contributed by atoms with van der Waals surface area (Å²) in [4.78, 5) is 28.9. The summed E-state index contributed by atoms with van der Waals surface area (Å²) in [7, 11) is 0. The van der Waals surface area contributed by atoms with Gasteiger partial charge in [-0.2, -0.15) is 0 Å². The summed E-state index contributed by atoms with van der Waals surface area (Å²) in [6.07, 6.45) is 2.30. The van der Waals surface area contributed by atoms with Crippen LogP contribution in [0.15, 0.2) is 36.7 Å². The van der Waals surface area contributed by atoms with Gasteiger partial charge in [0.2, 0.25) is 0 Å². The van der Waals surface area contributed by atoms with Crippen LogP contribution in [0.5, 0.6) is 0 Å². The number of carbonyl (C=O) groups excluding carboxylic acids is 2. The maximum atomic E-state index is 10.5. The maximum absolute atomic E-state index is 10.5. The van der Waals surface area contributed by atoms with E-state index < -0.39 is 11.9 Å². The predicted octanol–water partition coefficient (Wildman–Crippen LogP) is -7.12. The van der Waals surface area contributed by atoms with Gasteiger partial charge in [-0.25, -0.2) is 0 Å². The average Bonchev–Trinajstić information content (AvgIpc) is 2.39. The summed E-state index contributed by atoms with van der Waals surface area (Å²) in [5.41, 5.74) is 0.796. The van der Waals surface area contributed by atoms with Crippen molar-refractivity contribution in [2.45, 2.75) is 0 Å². The van der Waals surface area contributed by atoms with Crippen molar-refractivity contribution in [1.29, 1.82) is 0 Å². The molecule has 0 aliphatic heterocycles. The van der Waals surface area contributed by atoms with Gasteiger partial charge in [0, 0.05) is 23.5 Å². The van der Waals surface area contributed by atoms with E-state index in [1.54, 1.807) is 0 Å². The van der Waals surface area contributed by atoms with Crippen LogP contribution in [0.3, 0.4) is 0 Å². The Balaban J connectivity index is 0.00000180. The van der Waals surface area contributed by atoms with Crippen LogP contribution in [0.25, 0.3) is 11.4 Å². The molecular formula is C12H6K2N2O4. The monoisotopic (exact) mass is 320 g/mol. The van der Waals surface area contributed by atoms with Gasteiger partial charge in [0.1, 0.15) is 0 Å². The van der Waals surface area contributed by atoms with Gasteiger partial charge in [0.05, 0.1) is 23.3 Å². The molecule has 8 heteroatoms. The Labute approximate surface area is 199 Å². The minimum absolute atomic E-state index is 0. The smallest absolute Gasteiger partial charge is 0.545 e. The predicted molar refractivity (Wildman–Crippen MR) is 56.1 cm³/mol. The molecule has 2 rings (SSSR count). The molecule has 0 atom stereocenters. The van der Waals surface area contributed by atoms with E-state index in [2.05, 4.69) is 9.97 Å². The minimum Gasteiger partial charge on any atom is -0.545 e. The van der Waals surface area contributed by atoms with Crippen molar-refractivity contribution in [3.63, 3.8) is 0 Å². The first-order valence-corrected chi connectivity index (χ1v) is 4.93. The van der Waals surface area contributed by atoms with Gasteiger partial charge >= 0.3 is 103 Å². The Kier molecular flexibility index (Phi) is 9.76. The number of pyridine rings is 2. The largest absolute Gasteiger partial charge is 1.00 e. The fourth-order valence-electron chi connectivity index (χ4n) is 1.33. The van der Waals surface area contributed by atoms with Crippen LogP contribution in [-0.4, -0.2) is 21.9 Å². The van der Waals surface area contributed by atoms with E-state index in [4.69, 9.17) is 0 Å². The summed E-state index contributed by atoms with van der Waals surface area (Å²) in [6, 6.07) is 5.61. The van der Waals surface area contributed by atoms with Crippen LogP contribution in [0.2, 0.25) is 0 Å². The van der Waals surface area contributed by atoms with E-state index in [9.17, 15) is 19.8 Å². The molecule has 0 bridgehead atoms. The number of carboxylic acid groups (broad SMARTS) is 2. The zero-order valence-electron chi connectivity index (χ0n) is 11.0. The molecule has 0 saturated heterocycles. The quantitative estimate of drug-likeness (QED) is 0.520. The summed E-state index contributed by atoms with van der Waals surface area (Å²) < 4.78 is 0. The molecule has 6 nitrogen and oxygen atoms in total. The average molecular weight is 320 g/mol. The van der Waals surface area contributed by atoms with Crippen molar-refractivity contribution in [3.8, 4) is 11.4 Å². The van der Waals surface area contributed by atoms with Crippen LogP contribution in [-0.2, 0) is 0 Å². The van der Waals surface area contributed by atoms with Gasteiger partial charge in [0.15, 0.2) is 0 Å². The summed E-state index contributed by atoms with van der Waals surface area (Å²) in [5.74, 6) is -2.62. The first-order valence-electron chi connectivity index (χ1n) is 4.93. The summed E-state index contributed by atoms with van der Waals surface area (Å²) >= 11 is 0. The first kappa shape index (κ1) is 20.5. The molecule has 2 aromatic heterocycles. The SMILES string of the molecule is O=C([O-])c1ccc(-c2ccc(C(=O)[O-])cn2)nc1.[K+].[K+]. The Morgan fingerprint density at radius 2 is 1.10 bits per heavy atom. The fourth-order valence-corrected chi connectivity index (χ4v) is 1.33. The molecule has 0 N–H and O–H groups in total. The van der Waals surface area contributed by atoms with Crippen molar-refractivity contribution in [1.82, 2.24) is 9.97 Å². The third-order valence-corrected chi connectivity index (χ3v) is 2.26. The Morgan fingerprint density at radius 3 is 1.30 bits per heavy atom. The second kappa shape index (κ2) is 9.51. The van der Waals surface area contributed by atoms with Crippen molar-refractivity contribution in [3.05, 3.63) is 47.8 Å². The second-order valence-electron chi connectivity index (χ2n) is 3.44. The van der Waals surface area contributed by atoms with Gasteiger partial charge in [0.25, 0.3) is 0 Å². The molecule has 90 valence electrons. The van der Waals surface area contributed by atoms with Gasteiger partial charge in [-0.05, 0) is 24.3 Å². The number of carbonyl (C=O) groups is 2. The molecule has 2 heterocycles. The number of nitrogens with zero attached hydrogens (tertiary/aromatic N) is 2. The summed E-state index contributed by atoms with van der Waals surface area (Å²) in [5, 5.41) is 21.1. The van der Waals surface area contributed by atoms with Crippen LogP contribution >= 0.6 is 0 Å². The third kappa shape index (κ3) is 5.37. The summed E-state index contributed by atoms with van der Waals surface area (Å²) in [6.45, 7) is 0. The molecule has 0 aliphatic carbocycles. The van der Waals surface area contributed by atoms with Crippen LogP contribution in [0, 0.1) is 0 Å². The first-order chi connectivity index (χ1) is 8.58. The van der Waals surface area contributed by atoms with E-state index in [-0.39, 0.29) is 114 Å². The molecule has 0 spiro atoms. The van der Waals surface area contributed by atoms with Gasteiger partial charge in [-0.1, -0.05) is 0 Å². The number of carboxylic acids is 2. The molecular weight excluding hydrogens is 314 g/mol. The van der Waals surface area contributed by atoms with Crippen LogP contribution in [0.4, 0.5) is 0 Å². The molecule has 0 saturated carbocycles. The maximum Gasteiger partial charge on any atom is 1.00 e. The number of rotatable bonds is 3. The van der Waals surface area contributed by atoms with Crippen molar-refractivity contribution >= 4 is 11.9 Å². The molecule has 0 amide bonds. The fraction of sp³-hybridized carbons (Fsp3) is 0. The Morgan fingerprint density at radius 1 is 0.750 bits per heavy atom. The molecule has 20 heavy (non-hydrogen) atoms. The second-order valence-corrected chi connectivity index (χ2v) is 3.44. The molecule has 0 aromatic carbocycles. The van der Waals surface area contributed by atoms with Crippen molar-refractivity contribution < 1.29 is 123 Å². The van der Waals surface area contributed by atoms with E-state index in [0.29, 0.717) is 11.4 Å². The standard InChI is InChI=1S/C12H8N2O4.2K/c15-11(16)7-1-3-9(13-5-7)10-4-2-8(6-14-10)12(17)18;;/h1-6H,(H,15,16)(H,17,18);;/q;2*+1/p-2. The number of aromatic nitrogens is 2. The topological polar surface area (TPSA) is 106 Å². The van der Waals surface area contributed by atoms with E-state index >= 15 is 0 Å². The normalized spacial score (nSPS) is 9.00. The molecule has 0 unspecified atom stereocenters. The number of hydrogen-bond acceptors (Lipinski definition) is 6. The van der Waals surface area contributed by atoms with Crippen LogP contribution < -0.4 is 113 Å². The van der Waals surface area contributed by atoms with Gasteiger partial charge < -0.3 is 19.8 Å². The zero-order chi connectivity index (χ0) is 13.1. The molecule has 0 radical (unpaired) electrons. The Hall–Kier alpha value is 0.513. The van der Waals surface area contributed by atoms with Crippen LogP contribution in [0.1, 0.15) is 20.7 Å². The van der Waals surface area contributed by atoms with Gasteiger partial charge in [-0.3, -0.25) is 9.97 Å². The van der Waals surface area contributed by atoms with E-state index in [1.807, 2.05) is 0 Å². The zero-order valence-corrected chi connectivity index (χ0v) is 17.2. The Bertz CT molecular complexity index is 544. The molecule has 0 aliphatic rings. The van der Waals surface area contributed by atoms with E-state index in [0.717, 1.165) is 12.4 Å². The third-order valence-electron chi connectivity index (χ3n) is 2.26. The van der Waals surface area contributed by atoms with E-state index in [1.165, 1.54) is 24.3 Å². The number of aromatic carboxylic acids is 2. The minimum atomic E-state index is -1.31. The molecule has 2 aromatic rings. The van der Waals surface area contributed by atoms with Gasteiger partial charge in [-0.15, -0.1) is 0 Å². The van der Waals surface area contributed by atoms with Crippen molar-refractivity contribution in [2.24, 2.45) is 0 Å². The van der Waals surface area contributed by atoms with Crippen molar-refractivity contribution in [2.75, 3.05) is 0 Å².